The van der Waals surface area contributed by atoms with Crippen molar-refractivity contribution in [3.05, 3.63) is 38.9 Å². The van der Waals surface area contributed by atoms with E-state index in [0.29, 0.717) is 5.69 Å². The van der Waals surface area contributed by atoms with Crippen LogP contribution in [-0.2, 0) is 6.54 Å². The molecule has 0 aliphatic rings. The highest BCUT2D eigenvalue weighted by Crippen LogP contribution is 2.22. The van der Waals surface area contributed by atoms with Crippen molar-refractivity contribution >= 4 is 33.1 Å². The molecule has 0 N–H and O–H groups in total. The van der Waals surface area contributed by atoms with Crippen molar-refractivity contribution in [2.75, 3.05) is 11.9 Å². The van der Waals surface area contributed by atoms with Crippen LogP contribution in [0.15, 0.2) is 28.3 Å². The lowest BCUT2D eigenvalue weighted by Crippen LogP contribution is -2.17. The Balaban J connectivity index is 2.09. The van der Waals surface area contributed by atoms with E-state index in [2.05, 4.69) is 32.0 Å². The number of hydrogen-bond donors (Lipinski definition) is 0. The summed E-state index contributed by atoms with van der Waals surface area (Å²) in [5.41, 5.74) is 0.334. The highest BCUT2D eigenvalue weighted by molar-refractivity contribution is 9.10. The summed E-state index contributed by atoms with van der Waals surface area (Å²) in [5, 5.41) is 10.7. The van der Waals surface area contributed by atoms with Crippen molar-refractivity contribution in [2.45, 2.75) is 6.54 Å². The maximum Gasteiger partial charge on any atom is 0.158 e. The van der Waals surface area contributed by atoms with E-state index in [9.17, 15) is 0 Å². The third kappa shape index (κ3) is 3.02. The Kier molecular flexibility index (Phi) is 3.71. The first-order valence-corrected chi connectivity index (χ1v) is 6.52. The normalized spacial score (nSPS) is 9.94. The Morgan fingerprint density at radius 2 is 2.29 bits per heavy atom. The number of anilines is 1. The zero-order valence-electron chi connectivity index (χ0n) is 9.09. The molecular weight excluding hydrogens is 300 g/mol. The van der Waals surface area contributed by atoms with Gasteiger partial charge in [0.1, 0.15) is 11.9 Å². The molecule has 6 heteroatoms. The summed E-state index contributed by atoms with van der Waals surface area (Å²) < 4.78 is 1.09. The number of nitriles is 1. The minimum atomic E-state index is 0.334. The molecule has 0 unspecified atom stereocenters. The van der Waals surface area contributed by atoms with Gasteiger partial charge in [-0.25, -0.2) is 9.97 Å². The van der Waals surface area contributed by atoms with Crippen LogP contribution in [0.25, 0.3) is 0 Å². The molecule has 0 aliphatic heterocycles. The molecule has 86 valence electrons. The summed E-state index contributed by atoms with van der Waals surface area (Å²) >= 11 is 5.12. The molecule has 2 rings (SSSR count). The molecule has 0 aliphatic carbocycles. The maximum atomic E-state index is 8.64. The molecule has 0 fully saturated rings. The Labute approximate surface area is 112 Å². The molecule has 2 heterocycles. The maximum absolute atomic E-state index is 8.64. The fourth-order valence-corrected chi connectivity index (χ4v) is 2.83. The van der Waals surface area contributed by atoms with E-state index in [-0.39, 0.29) is 0 Å². The van der Waals surface area contributed by atoms with Gasteiger partial charge in [-0.05, 0) is 22.0 Å². The second-order valence-electron chi connectivity index (χ2n) is 3.46. The van der Waals surface area contributed by atoms with Crippen LogP contribution in [0.1, 0.15) is 10.6 Å². The third-order valence-electron chi connectivity index (χ3n) is 2.16. The summed E-state index contributed by atoms with van der Waals surface area (Å²) in [6.07, 6.45) is 3.09. The van der Waals surface area contributed by atoms with Gasteiger partial charge < -0.3 is 4.90 Å². The highest BCUT2D eigenvalue weighted by Gasteiger charge is 2.06. The molecule has 2 aromatic rings. The Hall–Kier alpha value is -1.45. The quantitative estimate of drug-likeness (QED) is 0.875. The fraction of sp³-hybridized carbons (Fsp3) is 0.182. The topological polar surface area (TPSA) is 52.8 Å². The zero-order chi connectivity index (χ0) is 12.3. The van der Waals surface area contributed by atoms with Gasteiger partial charge >= 0.3 is 0 Å². The standard InChI is InChI=1S/C11H9BrN4S/c1-16(6-10-2-8(12)7-17-10)11-5-14-9(3-13)4-15-11/h2,4-5,7H,6H2,1H3. The van der Waals surface area contributed by atoms with Crippen LogP contribution in [0, 0.1) is 11.3 Å². The molecule has 0 radical (unpaired) electrons. The zero-order valence-corrected chi connectivity index (χ0v) is 11.5. The lowest BCUT2D eigenvalue weighted by molar-refractivity contribution is 0.901. The van der Waals surface area contributed by atoms with Gasteiger partial charge in [0.05, 0.1) is 18.9 Å². The number of thiophene rings is 1. The largest absolute Gasteiger partial charge is 0.353 e. The van der Waals surface area contributed by atoms with Crippen molar-refractivity contribution in [3.63, 3.8) is 0 Å². The Morgan fingerprint density at radius 1 is 1.47 bits per heavy atom. The minimum Gasteiger partial charge on any atom is -0.353 e. The van der Waals surface area contributed by atoms with Gasteiger partial charge in [-0.3, -0.25) is 0 Å². The molecule has 2 aromatic heterocycles. The van der Waals surface area contributed by atoms with Gasteiger partial charge in [-0.15, -0.1) is 11.3 Å². The second kappa shape index (κ2) is 5.25. The molecule has 0 atom stereocenters. The van der Waals surface area contributed by atoms with E-state index < -0.39 is 0 Å². The number of aromatic nitrogens is 2. The number of hydrogen-bond acceptors (Lipinski definition) is 5. The van der Waals surface area contributed by atoms with E-state index in [0.717, 1.165) is 16.8 Å². The van der Waals surface area contributed by atoms with Gasteiger partial charge in [0.2, 0.25) is 0 Å². The molecule has 0 amide bonds. The first-order chi connectivity index (χ1) is 8.19. The third-order valence-corrected chi connectivity index (χ3v) is 3.84. The van der Waals surface area contributed by atoms with Gasteiger partial charge in [0.15, 0.2) is 5.69 Å². The summed E-state index contributed by atoms with van der Waals surface area (Å²) in [6.45, 7) is 0.775. The Morgan fingerprint density at radius 3 is 2.82 bits per heavy atom. The number of nitrogens with zero attached hydrogens (tertiary/aromatic N) is 4. The number of halogens is 1. The Bertz CT molecular complexity index is 543. The average Bonchev–Trinajstić information content (AvgIpc) is 2.75. The van der Waals surface area contributed by atoms with Crippen LogP contribution in [0.3, 0.4) is 0 Å². The molecule has 4 nitrogen and oxygen atoms in total. The van der Waals surface area contributed by atoms with Crippen LogP contribution < -0.4 is 4.90 Å². The first-order valence-electron chi connectivity index (χ1n) is 4.85. The van der Waals surface area contributed by atoms with Crippen molar-refractivity contribution in [3.8, 4) is 6.07 Å². The van der Waals surface area contributed by atoms with Crippen LogP contribution in [0.5, 0.6) is 0 Å². The minimum absolute atomic E-state index is 0.334. The van der Waals surface area contributed by atoms with Crippen LogP contribution in [-0.4, -0.2) is 17.0 Å². The SMILES string of the molecule is CN(Cc1cc(Br)cs1)c1cnc(C#N)cn1. The summed E-state index contributed by atoms with van der Waals surface area (Å²) in [5.74, 6) is 0.758. The van der Waals surface area contributed by atoms with E-state index in [1.807, 2.05) is 23.4 Å². The lowest BCUT2D eigenvalue weighted by Gasteiger charge is -2.16. The van der Waals surface area contributed by atoms with E-state index in [4.69, 9.17) is 5.26 Å². The smallest absolute Gasteiger partial charge is 0.158 e. The predicted octanol–water partition coefficient (Wildman–Crippen LogP) is 2.81. The average molecular weight is 309 g/mol. The van der Waals surface area contributed by atoms with Crippen molar-refractivity contribution in [1.29, 1.82) is 5.26 Å². The summed E-state index contributed by atoms with van der Waals surface area (Å²) in [6, 6.07) is 4.03. The van der Waals surface area contributed by atoms with E-state index >= 15 is 0 Å². The number of rotatable bonds is 3. The molecule has 0 saturated carbocycles. The second-order valence-corrected chi connectivity index (χ2v) is 5.37. The van der Waals surface area contributed by atoms with Gasteiger partial charge in [-0.1, -0.05) is 0 Å². The van der Waals surface area contributed by atoms with Crippen LogP contribution in [0.4, 0.5) is 5.82 Å². The molecule has 0 aromatic carbocycles. The first kappa shape index (κ1) is 12.0. The molecule has 0 saturated heterocycles. The molecule has 17 heavy (non-hydrogen) atoms. The van der Waals surface area contributed by atoms with Gasteiger partial charge in [0, 0.05) is 21.8 Å². The molecular formula is C11H9BrN4S. The van der Waals surface area contributed by atoms with Crippen molar-refractivity contribution < 1.29 is 0 Å². The summed E-state index contributed by atoms with van der Waals surface area (Å²) in [4.78, 5) is 11.4. The van der Waals surface area contributed by atoms with Crippen molar-refractivity contribution in [2.24, 2.45) is 0 Å². The van der Waals surface area contributed by atoms with Gasteiger partial charge in [0.25, 0.3) is 0 Å². The summed E-state index contributed by atoms with van der Waals surface area (Å²) in [7, 11) is 1.95. The van der Waals surface area contributed by atoms with Crippen LogP contribution in [0.2, 0.25) is 0 Å². The fourth-order valence-electron chi connectivity index (χ4n) is 1.33. The highest BCUT2D eigenvalue weighted by atomic mass is 79.9. The molecule has 0 spiro atoms. The monoisotopic (exact) mass is 308 g/mol. The van der Waals surface area contributed by atoms with E-state index in [1.165, 1.54) is 11.1 Å². The van der Waals surface area contributed by atoms with Gasteiger partial charge in [-0.2, -0.15) is 5.26 Å². The lowest BCUT2D eigenvalue weighted by atomic mass is 10.4. The van der Waals surface area contributed by atoms with E-state index in [1.54, 1.807) is 17.5 Å². The van der Waals surface area contributed by atoms with Crippen molar-refractivity contribution in [1.82, 2.24) is 9.97 Å². The predicted molar refractivity (Wildman–Crippen MR) is 70.9 cm³/mol. The van der Waals surface area contributed by atoms with Crippen LogP contribution >= 0.6 is 27.3 Å². The molecule has 0 bridgehead atoms.